The second-order valence-corrected chi connectivity index (χ2v) is 6.87. The zero-order chi connectivity index (χ0) is 16.5. The van der Waals surface area contributed by atoms with Gasteiger partial charge in [0.2, 0.25) is 0 Å². The molecule has 2 aromatic heterocycles. The third kappa shape index (κ3) is 2.83. The largest absolute Gasteiger partial charge is 0.472 e. The van der Waals surface area contributed by atoms with Gasteiger partial charge in [0, 0.05) is 44.4 Å². The number of nitrogens with zero attached hydrogens (tertiary/aromatic N) is 6. The fourth-order valence-corrected chi connectivity index (χ4v) is 3.70. The topological polar surface area (TPSA) is 69.0 Å². The van der Waals surface area contributed by atoms with Gasteiger partial charge in [0.15, 0.2) is 5.82 Å². The standard InChI is InChI=1S/C17H24N6O/c1-12(2)24-17-16(18-7-8-19-17)22-9-3-5-13(11-22)15-21-20-14-6-4-10-23(14)15/h7-8,12-13H,3-6,9-11H2,1-2H3. The molecule has 0 aliphatic carbocycles. The second kappa shape index (κ2) is 6.37. The van der Waals surface area contributed by atoms with Crippen molar-refractivity contribution in [2.75, 3.05) is 18.0 Å². The van der Waals surface area contributed by atoms with Crippen LogP contribution in [0.1, 0.15) is 50.7 Å². The predicted octanol–water partition coefficient (Wildman–Crippen LogP) is 2.19. The van der Waals surface area contributed by atoms with Crippen molar-refractivity contribution in [3.63, 3.8) is 0 Å². The van der Waals surface area contributed by atoms with Gasteiger partial charge in [-0.1, -0.05) is 0 Å². The molecule has 0 radical (unpaired) electrons. The van der Waals surface area contributed by atoms with Crippen LogP contribution in [0.4, 0.5) is 5.82 Å². The molecule has 0 spiro atoms. The van der Waals surface area contributed by atoms with E-state index in [2.05, 4.69) is 29.6 Å². The summed E-state index contributed by atoms with van der Waals surface area (Å²) in [5, 5.41) is 8.85. The smallest absolute Gasteiger partial charge is 0.257 e. The summed E-state index contributed by atoms with van der Waals surface area (Å²) in [6, 6.07) is 0. The Morgan fingerprint density at radius 1 is 1.12 bits per heavy atom. The van der Waals surface area contributed by atoms with Crippen molar-refractivity contribution >= 4 is 5.82 Å². The fraction of sp³-hybridized carbons (Fsp3) is 0.647. The summed E-state index contributed by atoms with van der Waals surface area (Å²) >= 11 is 0. The van der Waals surface area contributed by atoms with E-state index in [0.29, 0.717) is 11.8 Å². The molecule has 1 saturated heterocycles. The first-order chi connectivity index (χ1) is 11.7. The zero-order valence-corrected chi connectivity index (χ0v) is 14.4. The summed E-state index contributed by atoms with van der Waals surface area (Å²) in [5.74, 6) is 4.15. The molecule has 0 amide bonds. The highest BCUT2D eigenvalue weighted by Gasteiger charge is 2.30. The molecule has 7 heteroatoms. The lowest BCUT2D eigenvalue weighted by Crippen LogP contribution is -2.36. The minimum absolute atomic E-state index is 0.0841. The maximum absolute atomic E-state index is 5.85. The summed E-state index contributed by atoms with van der Waals surface area (Å²) in [5.41, 5.74) is 0. The average molecular weight is 328 g/mol. The van der Waals surface area contributed by atoms with Gasteiger partial charge in [0.1, 0.15) is 11.6 Å². The molecule has 0 N–H and O–H groups in total. The van der Waals surface area contributed by atoms with Gasteiger partial charge < -0.3 is 14.2 Å². The first-order valence-corrected chi connectivity index (χ1v) is 8.87. The van der Waals surface area contributed by atoms with Crippen molar-refractivity contribution in [3.05, 3.63) is 24.0 Å². The highest BCUT2D eigenvalue weighted by Crippen LogP contribution is 2.33. The molecule has 4 rings (SSSR count). The molecule has 2 aromatic rings. The minimum Gasteiger partial charge on any atom is -0.472 e. The molecule has 1 unspecified atom stereocenters. The third-order valence-electron chi connectivity index (χ3n) is 4.72. The monoisotopic (exact) mass is 328 g/mol. The van der Waals surface area contributed by atoms with Gasteiger partial charge in [-0.2, -0.15) is 0 Å². The molecule has 2 aliphatic rings. The van der Waals surface area contributed by atoms with Gasteiger partial charge in [-0.15, -0.1) is 10.2 Å². The molecule has 7 nitrogen and oxygen atoms in total. The molecule has 1 atom stereocenters. The number of piperidine rings is 1. The van der Waals surface area contributed by atoms with Crippen molar-refractivity contribution in [1.82, 2.24) is 24.7 Å². The molecule has 0 bridgehead atoms. The van der Waals surface area contributed by atoms with E-state index in [1.807, 2.05) is 13.8 Å². The molecular formula is C17H24N6O. The van der Waals surface area contributed by atoms with E-state index in [1.54, 1.807) is 12.4 Å². The third-order valence-corrected chi connectivity index (χ3v) is 4.72. The number of rotatable bonds is 4. The molecule has 4 heterocycles. The Hall–Kier alpha value is -2.18. The normalized spacial score (nSPS) is 20.5. The van der Waals surface area contributed by atoms with E-state index in [0.717, 1.165) is 56.4 Å². The van der Waals surface area contributed by atoms with Crippen LogP contribution in [0.3, 0.4) is 0 Å². The first-order valence-electron chi connectivity index (χ1n) is 8.87. The molecule has 128 valence electrons. The van der Waals surface area contributed by atoms with Crippen molar-refractivity contribution < 1.29 is 4.74 Å². The quantitative estimate of drug-likeness (QED) is 0.857. The van der Waals surface area contributed by atoms with Gasteiger partial charge in [-0.3, -0.25) is 0 Å². The lowest BCUT2D eigenvalue weighted by Gasteiger charge is -2.33. The molecular weight excluding hydrogens is 304 g/mol. The summed E-state index contributed by atoms with van der Waals surface area (Å²) in [6.45, 7) is 6.95. The van der Waals surface area contributed by atoms with Crippen LogP contribution >= 0.6 is 0 Å². The van der Waals surface area contributed by atoms with Crippen LogP contribution in [0.5, 0.6) is 5.88 Å². The Bertz CT molecular complexity index is 713. The van der Waals surface area contributed by atoms with Gasteiger partial charge in [0.25, 0.3) is 5.88 Å². The summed E-state index contributed by atoms with van der Waals surface area (Å²) in [7, 11) is 0. The zero-order valence-electron chi connectivity index (χ0n) is 14.4. The maximum atomic E-state index is 5.85. The number of aromatic nitrogens is 5. The maximum Gasteiger partial charge on any atom is 0.257 e. The van der Waals surface area contributed by atoms with Crippen LogP contribution in [0, 0.1) is 0 Å². The van der Waals surface area contributed by atoms with Crippen LogP contribution in [-0.4, -0.2) is 43.9 Å². The van der Waals surface area contributed by atoms with E-state index in [9.17, 15) is 0 Å². The molecule has 0 aromatic carbocycles. The predicted molar refractivity (Wildman–Crippen MR) is 90.3 cm³/mol. The number of ether oxygens (including phenoxy) is 1. The Morgan fingerprint density at radius 3 is 2.88 bits per heavy atom. The summed E-state index contributed by atoms with van der Waals surface area (Å²) < 4.78 is 8.17. The number of aryl methyl sites for hydroxylation is 1. The van der Waals surface area contributed by atoms with Crippen LogP contribution in [0.2, 0.25) is 0 Å². The van der Waals surface area contributed by atoms with E-state index in [-0.39, 0.29) is 6.10 Å². The van der Waals surface area contributed by atoms with Gasteiger partial charge in [-0.25, -0.2) is 9.97 Å². The van der Waals surface area contributed by atoms with Crippen molar-refractivity contribution in [1.29, 1.82) is 0 Å². The van der Waals surface area contributed by atoms with E-state index >= 15 is 0 Å². The number of anilines is 1. The van der Waals surface area contributed by atoms with Gasteiger partial charge in [0.05, 0.1) is 6.10 Å². The van der Waals surface area contributed by atoms with Crippen LogP contribution in [-0.2, 0) is 13.0 Å². The number of hydrogen-bond donors (Lipinski definition) is 0. The average Bonchev–Trinajstić information content (AvgIpc) is 3.18. The van der Waals surface area contributed by atoms with E-state index in [4.69, 9.17) is 4.74 Å². The fourth-order valence-electron chi connectivity index (χ4n) is 3.70. The number of fused-ring (bicyclic) bond motifs is 1. The lowest BCUT2D eigenvalue weighted by molar-refractivity contribution is 0.231. The Labute approximate surface area is 142 Å². The first kappa shape index (κ1) is 15.4. The molecule has 1 fully saturated rings. The highest BCUT2D eigenvalue weighted by atomic mass is 16.5. The summed E-state index contributed by atoms with van der Waals surface area (Å²) in [6.07, 6.45) is 8.01. The van der Waals surface area contributed by atoms with Crippen molar-refractivity contribution in [3.8, 4) is 5.88 Å². The molecule has 0 saturated carbocycles. The molecule has 2 aliphatic heterocycles. The Balaban J connectivity index is 1.57. The van der Waals surface area contributed by atoms with Gasteiger partial charge >= 0.3 is 0 Å². The van der Waals surface area contributed by atoms with Crippen LogP contribution in [0.15, 0.2) is 12.4 Å². The second-order valence-electron chi connectivity index (χ2n) is 6.87. The minimum atomic E-state index is 0.0841. The van der Waals surface area contributed by atoms with E-state index < -0.39 is 0 Å². The van der Waals surface area contributed by atoms with Crippen molar-refractivity contribution in [2.45, 2.75) is 58.1 Å². The van der Waals surface area contributed by atoms with Crippen LogP contribution < -0.4 is 9.64 Å². The van der Waals surface area contributed by atoms with E-state index in [1.165, 1.54) is 6.42 Å². The van der Waals surface area contributed by atoms with Crippen LogP contribution in [0.25, 0.3) is 0 Å². The Kier molecular flexibility index (Phi) is 4.08. The van der Waals surface area contributed by atoms with Gasteiger partial charge in [-0.05, 0) is 33.1 Å². The van der Waals surface area contributed by atoms with Crippen molar-refractivity contribution in [2.24, 2.45) is 0 Å². The molecule has 24 heavy (non-hydrogen) atoms. The Morgan fingerprint density at radius 2 is 2.00 bits per heavy atom. The highest BCUT2D eigenvalue weighted by molar-refractivity contribution is 5.48. The summed E-state index contributed by atoms with van der Waals surface area (Å²) in [4.78, 5) is 11.2. The lowest BCUT2D eigenvalue weighted by atomic mass is 9.97. The number of hydrogen-bond acceptors (Lipinski definition) is 6. The SMILES string of the molecule is CC(C)Oc1nccnc1N1CCCC(c2nnc3n2CCC3)C1.